The molecule has 0 unspecified atom stereocenters. The SMILES string of the molecule is C=CCO[C@@H]1[C@H]2OC(C)(C)O[C@H]2O[C@@H]1[C@@H]1[C@H](Oc2ccccc2)C(=O)N1CC(=O)OCC. The van der Waals surface area contributed by atoms with Gasteiger partial charge in [-0.2, -0.15) is 0 Å². The van der Waals surface area contributed by atoms with E-state index < -0.39 is 48.5 Å². The van der Waals surface area contributed by atoms with Gasteiger partial charge >= 0.3 is 5.97 Å². The first-order valence-electron chi connectivity index (χ1n) is 10.8. The molecule has 6 atom stereocenters. The number of hydrogen-bond acceptors (Lipinski definition) is 8. The Morgan fingerprint density at radius 1 is 1.22 bits per heavy atom. The van der Waals surface area contributed by atoms with Gasteiger partial charge in [0.1, 0.15) is 36.6 Å². The van der Waals surface area contributed by atoms with Gasteiger partial charge in [-0.05, 0) is 32.9 Å². The zero-order valence-electron chi connectivity index (χ0n) is 18.5. The third-order valence-electron chi connectivity index (χ3n) is 5.58. The van der Waals surface area contributed by atoms with E-state index in [0.29, 0.717) is 5.75 Å². The van der Waals surface area contributed by atoms with Crippen LogP contribution in [0.3, 0.4) is 0 Å². The fourth-order valence-electron chi connectivity index (χ4n) is 4.33. The van der Waals surface area contributed by atoms with Crippen molar-refractivity contribution in [3.63, 3.8) is 0 Å². The fourth-order valence-corrected chi connectivity index (χ4v) is 4.33. The highest BCUT2D eigenvalue weighted by Crippen LogP contribution is 2.43. The van der Waals surface area contributed by atoms with E-state index in [2.05, 4.69) is 6.58 Å². The maximum absolute atomic E-state index is 13.0. The minimum absolute atomic E-state index is 0.206. The number of esters is 1. The maximum Gasteiger partial charge on any atom is 0.325 e. The van der Waals surface area contributed by atoms with Crippen molar-refractivity contribution in [2.75, 3.05) is 19.8 Å². The second kappa shape index (κ2) is 9.19. The summed E-state index contributed by atoms with van der Waals surface area (Å²) in [4.78, 5) is 26.5. The summed E-state index contributed by atoms with van der Waals surface area (Å²) >= 11 is 0. The highest BCUT2D eigenvalue weighted by molar-refractivity contribution is 5.92. The van der Waals surface area contributed by atoms with Crippen LogP contribution in [0.2, 0.25) is 0 Å². The van der Waals surface area contributed by atoms with Crippen LogP contribution in [-0.4, -0.2) is 79.1 Å². The molecule has 0 saturated carbocycles. The molecule has 0 bridgehead atoms. The van der Waals surface area contributed by atoms with Crippen molar-refractivity contribution in [3.05, 3.63) is 43.0 Å². The number of amides is 1. The topological polar surface area (TPSA) is 92.8 Å². The predicted octanol–water partition coefficient (Wildman–Crippen LogP) is 1.66. The number of ether oxygens (including phenoxy) is 6. The molecule has 3 saturated heterocycles. The van der Waals surface area contributed by atoms with Crippen molar-refractivity contribution >= 4 is 11.9 Å². The summed E-state index contributed by atoms with van der Waals surface area (Å²) in [5.41, 5.74) is 0. The Labute approximate surface area is 187 Å². The van der Waals surface area contributed by atoms with Gasteiger partial charge < -0.3 is 33.3 Å². The lowest BCUT2D eigenvalue weighted by Crippen LogP contribution is -2.73. The molecule has 3 aliphatic heterocycles. The van der Waals surface area contributed by atoms with Gasteiger partial charge in [-0.25, -0.2) is 0 Å². The Hall–Kier alpha value is -2.46. The van der Waals surface area contributed by atoms with Gasteiger partial charge in [-0.1, -0.05) is 24.3 Å². The lowest BCUT2D eigenvalue weighted by molar-refractivity contribution is -0.237. The molecule has 1 aromatic rings. The number of hydrogen-bond donors (Lipinski definition) is 0. The molecule has 0 N–H and O–H groups in total. The minimum Gasteiger partial charge on any atom is -0.478 e. The first kappa shape index (κ1) is 22.7. The molecule has 1 amide bonds. The Balaban J connectivity index is 1.59. The van der Waals surface area contributed by atoms with Crippen LogP contribution in [-0.2, 0) is 33.3 Å². The average Bonchev–Trinajstić information content (AvgIpc) is 3.23. The van der Waals surface area contributed by atoms with Crippen LogP contribution in [0.5, 0.6) is 5.75 Å². The van der Waals surface area contributed by atoms with Crippen molar-refractivity contribution in [3.8, 4) is 5.75 Å². The third kappa shape index (κ3) is 4.38. The summed E-state index contributed by atoms with van der Waals surface area (Å²) in [5, 5.41) is 0. The van der Waals surface area contributed by atoms with Crippen LogP contribution >= 0.6 is 0 Å². The van der Waals surface area contributed by atoms with Crippen LogP contribution in [0.4, 0.5) is 0 Å². The van der Waals surface area contributed by atoms with Gasteiger partial charge in [-0.15, -0.1) is 6.58 Å². The molecular weight excluding hydrogens is 418 g/mol. The largest absolute Gasteiger partial charge is 0.478 e. The Morgan fingerprint density at radius 2 is 1.97 bits per heavy atom. The van der Waals surface area contributed by atoms with Crippen molar-refractivity contribution < 1.29 is 38.0 Å². The van der Waals surface area contributed by atoms with Crippen molar-refractivity contribution in [2.24, 2.45) is 0 Å². The highest BCUT2D eigenvalue weighted by Gasteiger charge is 2.64. The fraction of sp³-hybridized carbons (Fsp3) is 0.565. The summed E-state index contributed by atoms with van der Waals surface area (Å²) in [6.45, 7) is 9.31. The van der Waals surface area contributed by atoms with Crippen LogP contribution in [0.15, 0.2) is 43.0 Å². The van der Waals surface area contributed by atoms with Crippen molar-refractivity contribution in [2.45, 2.75) is 63.3 Å². The van der Waals surface area contributed by atoms with E-state index in [1.54, 1.807) is 39.0 Å². The van der Waals surface area contributed by atoms with E-state index in [9.17, 15) is 9.59 Å². The molecule has 0 aromatic heterocycles. The van der Waals surface area contributed by atoms with E-state index in [4.69, 9.17) is 28.4 Å². The predicted molar refractivity (Wildman–Crippen MR) is 112 cm³/mol. The Kier molecular flexibility index (Phi) is 6.52. The molecule has 0 aliphatic carbocycles. The first-order chi connectivity index (χ1) is 15.3. The first-order valence-corrected chi connectivity index (χ1v) is 10.8. The standard InChI is InChI=1S/C23H29NO8/c1-5-12-28-19-17(30-22-20(19)31-23(3,4)32-22)16-18(29-14-10-8-7-9-11-14)21(26)24(16)13-15(25)27-6-2/h5,7-11,16-20,22H,1,6,12-13H2,2-4H3/t16-,17-,18+,19+,20-,22-/m1/s1. The van der Waals surface area contributed by atoms with Crippen molar-refractivity contribution in [1.82, 2.24) is 4.90 Å². The number of carbonyl (C=O) groups is 2. The summed E-state index contributed by atoms with van der Waals surface area (Å²) in [7, 11) is 0. The summed E-state index contributed by atoms with van der Waals surface area (Å²) in [6, 6.07) is 8.44. The molecule has 3 aliphatic rings. The lowest BCUT2D eigenvalue weighted by Gasteiger charge is -2.49. The van der Waals surface area contributed by atoms with Crippen molar-refractivity contribution in [1.29, 1.82) is 0 Å². The molecular formula is C23H29NO8. The minimum atomic E-state index is -0.849. The Morgan fingerprint density at radius 3 is 2.66 bits per heavy atom. The number of rotatable bonds is 9. The number of carbonyl (C=O) groups excluding carboxylic acids is 2. The van der Waals surface area contributed by atoms with Crippen LogP contribution in [0, 0.1) is 0 Å². The van der Waals surface area contributed by atoms with E-state index in [0.717, 1.165) is 0 Å². The van der Waals surface area contributed by atoms with Gasteiger partial charge in [0.2, 0.25) is 0 Å². The van der Waals surface area contributed by atoms with Gasteiger partial charge in [-0.3, -0.25) is 9.59 Å². The normalized spacial score (nSPS) is 32.8. The van der Waals surface area contributed by atoms with Crippen LogP contribution in [0.25, 0.3) is 0 Å². The van der Waals surface area contributed by atoms with Gasteiger partial charge in [0.05, 0.1) is 13.2 Å². The monoisotopic (exact) mass is 447 g/mol. The van der Waals surface area contributed by atoms with E-state index >= 15 is 0 Å². The maximum atomic E-state index is 13.0. The van der Waals surface area contributed by atoms with Gasteiger partial charge in [0.25, 0.3) is 5.91 Å². The van der Waals surface area contributed by atoms with Gasteiger partial charge in [0.15, 0.2) is 18.2 Å². The third-order valence-corrected chi connectivity index (χ3v) is 5.58. The summed E-state index contributed by atoms with van der Waals surface area (Å²) in [6.07, 6.45) is -1.56. The lowest BCUT2D eigenvalue weighted by atomic mass is 9.88. The molecule has 3 heterocycles. The highest BCUT2D eigenvalue weighted by atomic mass is 16.8. The summed E-state index contributed by atoms with van der Waals surface area (Å²) < 4.78 is 35.1. The molecule has 9 heteroatoms. The molecule has 174 valence electrons. The van der Waals surface area contributed by atoms with E-state index in [1.807, 2.05) is 18.2 Å². The zero-order valence-corrected chi connectivity index (χ0v) is 18.5. The smallest absolute Gasteiger partial charge is 0.325 e. The second-order valence-electron chi connectivity index (χ2n) is 8.27. The molecule has 32 heavy (non-hydrogen) atoms. The molecule has 0 spiro atoms. The number of nitrogens with zero attached hydrogens (tertiary/aromatic N) is 1. The molecule has 0 radical (unpaired) electrons. The Bertz CT molecular complexity index is 844. The van der Waals surface area contributed by atoms with E-state index in [1.165, 1.54) is 4.90 Å². The summed E-state index contributed by atoms with van der Waals surface area (Å²) in [5.74, 6) is -1.10. The molecule has 1 aromatic carbocycles. The van der Waals surface area contributed by atoms with Crippen LogP contribution < -0.4 is 4.74 Å². The number of β-lactam (4-membered cyclic amide) rings is 1. The van der Waals surface area contributed by atoms with Gasteiger partial charge in [0, 0.05) is 0 Å². The van der Waals surface area contributed by atoms with E-state index in [-0.39, 0.29) is 25.7 Å². The van der Waals surface area contributed by atoms with Crippen LogP contribution in [0.1, 0.15) is 20.8 Å². The molecule has 4 rings (SSSR count). The number of fused-ring (bicyclic) bond motifs is 1. The quantitative estimate of drug-likeness (QED) is 0.321. The zero-order chi connectivity index (χ0) is 22.9. The molecule has 3 fully saturated rings. The average molecular weight is 447 g/mol. The number of para-hydroxylation sites is 1. The number of likely N-dealkylation sites (tertiary alicyclic amines) is 1. The second-order valence-corrected chi connectivity index (χ2v) is 8.27. The number of benzene rings is 1. The molecule has 9 nitrogen and oxygen atoms in total.